The van der Waals surface area contributed by atoms with Crippen molar-refractivity contribution in [1.29, 1.82) is 0 Å². The van der Waals surface area contributed by atoms with Crippen LogP contribution in [0.5, 0.6) is 0 Å². The fraction of sp³-hybridized carbons (Fsp3) is 0.118. The van der Waals surface area contributed by atoms with Gasteiger partial charge in [0.15, 0.2) is 0 Å². The molecule has 0 aliphatic rings. The van der Waals surface area contributed by atoms with Crippen LogP contribution in [-0.4, -0.2) is 4.98 Å². The number of aryl methyl sites for hydroxylation is 2. The number of thiazole rings is 1. The molecular formula is C17H15NS. The van der Waals surface area contributed by atoms with Gasteiger partial charge in [-0.05, 0) is 19.4 Å². The summed E-state index contributed by atoms with van der Waals surface area (Å²) in [7, 11) is 0. The Bertz CT molecular complexity index is 681. The van der Waals surface area contributed by atoms with Crippen LogP contribution in [0.2, 0.25) is 0 Å². The van der Waals surface area contributed by atoms with Crippen molar-refractivity contribution in [2.24, 2.45) is 0 Å². The Hall–Kier alpha value is -1.93. The van der Waals surface area contributed by atoms with Crippen molar-refractivity contribution in [2.45, 2.75) is 13.8 Å². The van der Waals surface area contributed by atoms with E-state index in [9.17, 15) is 0 Å². The maximum Gasteiger partial charge on any atom is 0.0908 e. The van der Waals surface area contributed by atoms with Crippen LogP contribution in [0.25, 0.3) is 21.7 Å². The molecule has 0 saturated carbocycles. The van der Waals surface area contributed by atoms with E-state index in [1.165, 1.54) is 21.6 Å². The molecule has 0 fully saturated rings. The Morgan fingerprint density at radius 1 is 0.789 bits per heavy atom. The van der Waals surface area contributed by atoms with Crippen molar-refractivity contribution in [2.75, 3.05) is 0 Å². The highest BCUT2D eigenvalue weighted by Gasteiger charge is 2.12. The van der Waals surface area contributed by atoms with Crippen LogP contribution in [0.3, 0.4) is 0 Å². The highest BCUT2D eigenvalue weighted by atomic mass is 32.1. The Morgan fingerprint density at radius 3 is 2.16 bits per heavy atom. The van der Waals surface area contributed by atoms with Gasteiger partial charge >= 0.3 is 0 Å². The van der Waals surface area contributed by atoms with E-state index in [1.54, 1.807) is 11.3 Å². The molecule has 0 aliphatic carbocycles. The molecule has 0 saturated heterocycles. The third kappa shape index (κ3) is 2.45. The molecule has 19 heavy (non-hydrogen) atoms. The van der Waals surface area contributed by atoms with E-state index in [2.05, 4.69) is 62.4 Å². The number of benzene rings is 2. The highest BCUT2D eigenvalue weighted by molar-refractivity contribution is 7.15. The molecule has 0 aliphatic heterocycles. The van der Waals surface area contributed by atoms with Crippen LogP contribution >= 0.6 is 11.3 Å². The Labute approximate surface area is 117 Å². The molecule has 0 bridgehead atoms. The first-order chi connectivity index (χ1) is 9.24. The molecule has 1 aromatic heterocycles. The standard InChI is InChI=1S/C17H15NS/c1-12-8-10-14(11-9-12)16-17(19-13(2)18-16)15-6-4-3-5-7-15/h3-11H,1-2H3. The average molecular weight is 265 g/mol. The van der Waals surface area contributed by atoms with Crippen molar-refractivity contribution >= 4 is 11.3 Å². The van der Waals surface area contributed by atoms with Gasteiger partial charge in [0.2, 0.25) is 0 Å². The summed E-state index contributed by atoms with van der Waals surface area (Å²) in [5.74, 6) is 0. The zero-order valence-electron chi connectivity index (χ0n) is 11.1. The molecule has 1 nitrogen and oxygen atoms in total. The molecule has 0 unspecified atom stereocenters. The van der Waals surface area contributed by atoms with Crippen LogP contribution in [-0.2, 0) is 0 Å². The molecule has 0 spiro atoms. The summed E-state index contributed by atoms with van der Waals surface area (Å²) < 4.78 is 0. The molecule has 1 heterocycles. The van der Waals surface area contributed by atoms with Gasteiger partial charge in [-0.15, -0.1) is 11.3 Å². The lowest BCUT2D eigenvalue weighted by molar-refractivity contribution is 1.29. The molecule has 2 heteroatoms. The molecule has 2 aromatic carbocycles. The number of nitrogens with zero attached hydrogens (tertiary/aromatic N) is 1. The van der Waals surface area contributed by atoms with Crippen LogP contribution in [0, 0.1) is 13.8 Å². The second-order valence-corrected chi connectivity index (χ2v) is 5.85. The minimum atomic E-state index is 1.09. The second-order valence-electron chi connectivity index (χ2n) is 4.64. The first-order valence-corrected chi connectivity index (χ1v) is 7.15. The summed E-state index contributed by atoms with van der Waals surface area (Å²) in [6, 6.07) is 19.1. The van der Waals surface area contributed by atoms with Crippen molar-refractivity contribution < 1.29 is 0 Å². The van der Waals surface area contributed by atoms with Crippen molar-refractivity contribution in [1.82, 2.24) is 4.98 Å². The first kappa shape index (κ1) is 12.1. The van der Waals surface area contributed by atoms with Crippen molar-refractivity contribution in [3.8, 4) is 21.7 Å². The van der Waals surface area contributed by atoms with Gasteiger partial charge < -0.3 is 0 Å². The van der Waals surface area contributed by atoms with E-state index in [4.69, 9.17) is 4.98 Å². The fourth-order valence-electron chi connectivity index (χ4n) is 2.12. The van der Waals surface area contributed by atoms with Gasteiger partial charge in [-0.25, -0.2) is 4.98 Å². The van der Waals surface area contributed by atoms with Crippen LogP contribution in [0.15, 0.2) is 54.6 Å². The predicted octanol–water partition coefficient (Wildman–Crippen LogP) is 5.09. The van der Waals surface area contributed by atoms with Gasteiger partial charge in [0, 0.05) is 5.56 Å². The maximum atomic E-state index is 4.71. The lowest BCUT2D eigenvalue weighted by Crippen LogP contribution is -1.82. The Kier molecular flexibility index (Phi) is 3.18. The zero-order valence-corrected chi connectivity index (χ0v) is 11.9. The third-order valence-corrected chi connectivity index (χ3v) is 4.11. The van der Waals surface area contributed by atoms with Gasteiger partial charge in [0.05, 0.1) is 15.6 Å². The molecule has 0 atom stereocenters. The van der Waals surface area contributed by atoms with E-state index in [0.29, 0.717) is 0 Å². The molecular weight excluding hydrogens is 250 g/mol. The molecule has 3 aromatic rings. The normalized spacial score (nSPS) is 10.6. The fourth-order valence-corrected chi connectivity index (χ4v) is 3.07. The maximum absolute atomic E-state index is 4.71. The largest absolute Gasteiger partial charge is 0.241 e. The summed E-state index contributed by atoms with van der Waals surface area (Å²) >= 11 is 1.76. The predicted molar refractivity (Wildman–Crippen MR) is 82.5 cm³/mol. The summed E-state index contributed by atoms with van der Waals surface area (Å²) in [6.07, 6.45) is 0. The lowest BCUT2D eigenvalue weighted by Gasteiger charge is -2.03. The van der Waals surface area contributed by atoms with E-state index >= 15 is 0 Å². The molecule has 3 rings (SSSR count). The first-order valence-electron chi connectivity index (χ1n) is 6.34. The smallest absolute Gasteiger partial charge is 0.0908 e. The SMILES string of the molecule is Cc1ccc(-c2nc(C)sc2-c2ccccc2)cc1. The van der Waals surface area contributed by atoms with E-state index in [1.807, 2.05) is 6.07 Å². The van der Waals surface area contributed by atoms with E-state index < -0.39 is 0 Å². The molecule has 0 amide bonds. The van der Waals surface area contributed by atoms with Gasteiger partial charge in [-0.2, -0.15) is 0 Å². The summed E-state index contributed by atoms with van der Waals surface area (Å²) in [6.45, 7) is 4.17. The van der Waals surface area contributed by atoms with Gasteiger partial charge in [-0.1, -0.05) is 60.2 Å². The van der Waals surface area contributed by atoms with Gasteiger partial charge in [-0.3, -0.25) is 0 Å². The van der Waals surface area contributed by atoms with E-state index in [-0.39, 0.29) is 0 Å². The second kappa shape index (κ2) is 4.98. The van der Waals surface area contributed by atoms with Crippen LogP contribution < -0.4 is 0 Å². The minimum absolute atomic E-state index is 1.09. The Morgan fingerprint density at radius 2 is 1.47 bits per heavy atom. The summed E-state index contributed by atoms with van der Waals surface area (Å²) in [5, 5.41) is 1.11. The summed E-state index contributed by atoms with van der Waals surface area (Å²) in [4.78, 5) is 5.96. The number of aromatic nitrogens is 1. The number of hydrogen-bond acceptors (Lipinski definition) is 2. The molecule has 94 valence electrons. The molecule has 0 N–H and O–H groups in total. The number of hydrogen-bond donors (Lipinski definition) is 0. The van der Waals surface area contributed by atoms with Gasteiger partial charge in [0.25, 0.3) is 0 Å². The Balaban J connectivity index is 2.15. The van der Waals surface area contributed by atoms with Crippen LogP contribution in [0.4, 0.5) is 0 Å². The number of rotatable bonds is 2. The minimum Gasteiger partial charge on any atom is -0.241 e. The van der Waals surface area contributed by atoms with Crippen molar-refractivity contribution in [3.05, 3.63) is 65.2 Å². The lowest BCUT2D eigenvalue weighted by atomic mass is 10.1. The summed E-state index contributed by atoms with van der Waals surface area (Å²) in [5.41, 5.74) is 4.79. The average Bonchev–Trinajstić information content (AvgIpc) is 2.83. The molecule has 0 radical (unpaired) electrons. The van der Waals surface area contributed by atoms with E-state index in [0.717, 1.165) is 10.7 Å². The van der Waals surface area contributed by atoms with Crippen LogP contribution in [0.1, 0.15) is 10.6 Å². The monoisotopic (exact) mass is 265 g/mol. The third-order valence-electron chi connectivity index (χ3n) is 3.10. The highest BCUT2D eigenvalue weighted by Crippen LogP contribution is 2.36. The topological polar surface area (TPSA) is 12.9 Å². The van der Waals surface area contributed by atoms with Crippen molar-refractivity contribution in [3.63, 3.8) is 0 Å². The zero-order chi connectivity index (χ0) is 13.2. The van der Waals surface area contributed by atoms with Gasteiger partial charge in [0.1, 0.15) is 0 Å². The quantitative estimate of drug-likeness (QED) is 0.628.